The molecule has 0 amide bonds. The van der Waals surface area contributed by atoms with Crippen LogP contribution in [0, 0.1) is 5.82 Å². The van der Waals surface area contributed by atoms with E-state index in [1.807, 2.05) is 18.2 Å². The van der Waals surface area contributed by atoms with Crippen molar-refractivity contribution in [1.29, 1.82) is 0 Å². The summed E-state index contributed by atoms with van der Waals surface area (Å²) in [6, 6.07) is 21.5. The van der Waals surface area contributed by atoms with Gasteiger partial charge in [0.25, 0.3) is 0 Å². The van der Waals surface area contributed by atoms with Crippen LogP contribution in [-0.2, 0) is 6.42 Å². The minimum absolute atomic E-state index is 0.189. The highest BCUT2D eigenvalue weighted by Crippen LogP contribution is 2.29. The molecule has 1 unspecified atom stereocenters. The molecular weight excluding hydrogens is 315 g/mol. The Kier molecular flexibility index (Phi) is 3.83. The van der Waals surface area contributed by atoms with Crippen LogP contribution in [0.2, 0.25) is 0 Å². The van der Waals surface area contributed by atoms with Gasteiger partial charge in [-0.15, -0.1) is 0 Å². The molecule has 100 valence electrons. The zero-order valence-corrected chi connectivity index (χ0v) is 12.5. The molecule has 0 saturated heterocycles. The van der Waals surface area contributed by atoms with Crippen molar-refractivity contribution in [3.8, 4) is 0 Å². The van der Waals surface area contributed by atoms with E-state index in [1.165, 1.54) is 28.5 Å². The van der Waals surface area contributed by atoms with E-state index in [9.17, 15) is 4.39 Å². The third-order valence-corrected chi connectivity index (χ3v) is 4.32. The van der Waals surface area contributed by atoms with Gasteiger partial charge in [0, 0.05) is 4.83 Å². The monoisotopic (exact) mass is 328 g/mol. The summed E-state index contributed by atoms with van der Waals surface area (Å²) in [5, 5.41) is 2.49. The molecule has 1 atom stereocenters. The van der Waals surface area contributed by atoms with Crippen LogP contribution in [0.1, 0.15) is 16.0 Å². The Balaban J connectivity index is 1.84. The molecule has 0 bridgehead atoms. The molecule has 0 aliphatic carbocycles. The number of rotatable bonds is 3. The summed E-state index contributed by atoms with van der Waals surface area (Å²) in [5.74, 6) is -0.189. The second kappa shape index (κ2) is 5.76. The zero-order chi connectivity index (χ0) is 13.9. The van der Waals surface area contributed by atoms with E-state index in [4.69, 9.17) is 0 Å². The summed E-state index contributed by atoms with van der Waals surface area (Å²) in [6.45, 7) is 0. The van der Waals surface area contributed by atoms with Crippen LogP contribution in [0.5, 0.6) is 0 Å². The molecule has 0 nitrogen and oxygen atoms in total. The lowest BCUT2D eigenvalue weighted by molar-refractivity contribution is 0.627. The maximum atomic E-state index is 12.9. The first-order valence-electron chi connectivity index (χ1n) is 6.59. The molecule has 0 aromatic heterocycles. The Morgan fingerprint density at radius 2 is 1.55 bits per heavy atom. The molecule has 0 aliphatic heterocycles. The Morgan fingerprint density at radius 3 is 2.30 bits per heavy atom. The Labute approximate surface area is 126 Å². The van der Waals surface area contributed by atoms with E-state index in [0.29, 0.717) is 0 Å². The van der Waals surface area contributed by atoms with Gasteiger partial charge in [0.1, 0.15) is 5.82 Å². The van der Waals surface area contributed by atoms with Crippen LogP contribution in [0.3, 0.4) is 0 Å². The molecule has 0 spiro atoms. The standard InChI is InChI=1S/C18H14BrF/c19-18(11-13-5-9-17(20)10-6-13)16-8-7-14-3-1-2-4-15(14)12-16/h1-10,12,18H,11H2. The van der Waals surface area contributed by atoms with Crippen molar-refractivity contribution in [2.45, 2.75) is 11.2 Å². The number of halogens is 2. The predicted octanol–water partition coefficient (Wildman–Crippen LogP) is 5.66. The molecule has 0 heterocycles. The molecule has 20 heavy (non-hydrogen) atoms. The second-order valence-electron chi connectivity index (χ2n) is 4.90. The minimum atomic E-state index is -0.189. The minimum Gasteiger partial charge on any atom is -0.207 e. The van der Waals surface area contributed by atoms with Crippen LogP contribution >= 0.6 is 15.9 Å². The van der Waals surface area contributed by atoms with Crippen LogP contribution in [0.25, 0.3) is 10.8 Å². The van der Waals surface area contributed by atoms with E-state index >= 15 is 0 Å². The number of hydrogen-bond donors (Lipinski definition) is 0. The molecule has 0 radical (unpaired) electrons. The quantitative estimate of drug-likeness (QED) is 0.544. The smallest absolute Gasteiger partial charge is 0.123 e. The second-order valence-corrected chi connectivity index (χ2v) is 6.01. The fourth-order valence-corrected chi connectivity index (χ4v) is 3.01. The summed E-state index contributed by atoms with van der Waals surface area (Å²) in [4.78, 5) is 0.234. The van der Waals surface area contributed by atoms with Crippen molar-refractivity contribution < 1.29 is 4.39 Å². The average Bonchev–Trinajstić information content (AvgIpc) is 2.49. The van der Waals surface area contributed by atoms with Gasteiger partial charge in [-0.05, 0) is 40.5 Å². The molecule has 0 saturated carbocycles. The van der Waals surface area contributed by atoms with Crippen molar-refractivity contribution in [3.05, 3.63) is 83.7 Å². The molecule has 0 fully saturated rings. The third-order valence-electron chi connectivity index (χ3n) is 3.46. The van der Waals surface area contributed by atoms with Gasteiger partial charge < -0.3 is 0 Å². The highest BCUT2D eigenvalue weighted by Gasteiger charge is 2.09. The lowest BCUT2D eigenvalue weighted by Gasteiger charge is -2.11. The Morgan fingerprint density at radius 1 is 0.850 bits per heavy atom. The van der Waals surface area contributed by atoms with Gasteiger partial charge >= 0.3 is 0 Å². The van der Waals surface area contributed by atoms with Gasteiger partial charge in [0.2, 0.25) is 0 Å². The molecule has 0 aliphatic rings. The first-order valence-corrected chi connectivity index (χ1v) is 7.51. The molecule has 3 rings (SSSR count). The molecule has 2 heteroatoms. The average molecular weight is 329 g/mol. The zero-order valence-electron chi connectivity index (χ0n) is 10.9. The van der Waals surface area contributed by atoms with Crippen molar-refractivity contribution in [2.24, 2.45) is 0 Å². The van der Waals surface area contributed by atoms with Gasteiger partial charge in [-0.25, -0.2) is 4.39 Å². The highest BCUT2D eigenvalue weighted by molar-refractivity contribution is 9.09. The van der Waals surface area contributed by atoms with Crippen molar-refractivity contribution in [1.82, 2.24) is 0 Å². The lowest BCUT2D eigenvalue weighted by atomic mass is 10.0. The maximum absolute atomic E-state index is 12.9. The summed E-state index contributed by atoms with van der Waals surface area (Å²) in [6.07, 6.45) is 0.846. The molecule has 0 N–H and O–H groups in total. The van der Waals surface area contributed by atoms with Crippen molar-refractivity contribution >= 4 is 26.7 Å². The van der Waals surface area contributed by atoms with E-state index in [0.717, 1.165) is 12.0 Å². The number of hydrogen-bond acceptors (Lipinski definition) is 0. The fraction of sp³-hybridized carbons (Fsp3) is 0.111. The first kappa shape index (κ1) is 13.3. The topological polar surface area (TPSA) is 0 Å². The van der Waals surface area contributed by atoms with Crippen LogP contribution in [0.4, 0.5) is 4.39 Å². The number of benzene rings is 3. The Bertz CT molecular complexity index is 719. The van der Waals surface area contributed by atoms with Gasteiger partial charge in [-0.3, -0.25) is 0 Å². The van der Waals surface area contributed by atoms with Gasteiger partial charge in [0.15, 0.2) is 0 Å². The lowest BCUT2D eigenvalue weighted by Crippen LogP contribution is -1.95. The summed E-state index contributed by atoms with van der Waals surface area (Å²) >= 11 is 3.73. The van der Waals surface area contributed by atoms with Crippen molar-refractivity contribution in [2.75, 3.05) is 0 Å². The molecular formula is C18H14BrF. The summed E-state index contributed by atoms with van der Waals surface area (Å²) in [5.41, 5.74) is 2.37. The fourth-order valence-electron chi connectivity index (χ4n) is 2.35. The number of fused-ring (bicyclic) bond motifs is 1. The van der Waals surface area contributed by atoms with E-state index in [1.54, 1.807) is 0 Å². The van der Waals surface area contributed by atoms with E-state index in [-0.39, 0.29) is 10.6 Å². The van der Waals surface area contributed by atoms with E-state index in [2.05, 4.69) is 52.3 Å². The largest absolute Gasteiger partial charge is 0.207 e. The summed E-state index contributed by atoms with van der Waals surface area (Å²) in [7, 11) is 0. The van der Waals surface area contributed by atoms with Crippen LogP contribution < -0.4 is 0 Å². The predicted molar refractivity (Wildman–Crippen MR) is 85.7 cm³/mol. The first-order chi connectivity index (χ1) is 9.72. The van der Waals surface area contributed by atoms with Gasteiger partial charge in [-0.1, -0.05) is 70.5 Å². The van der Waals surface area contributed by atoms with E-state index < -0.39 is 0 Å². The maximum Gasteiger partial charge on any atom is 0.123 e. The van der Waals surface area contributed by atoms with Gasteiger partial charge in [-0.2, -0.15) is 0 Å². The molecule has 3 aromatic carbocycles. The van der Waals surface area contributed by atoms with Gasteiger partial charge in [0.05, 0.1) is 0 Å². The number of alkyl halides is 1. The Hall–Kier alpha value is -1.67. The van der Waals surface area contributed by atoms with Crippen LogP contribution in [-0.4, -0.2) is 0 Å². The summed E-state index contributed by atoms with van der Waals surface area (Å²) < 4.78 is 12.9. The van der Waals surface area contributed by atoms with Crippen LogP contribution in [0.15, 0.2) is 66.7 Å². The highest BCUT2D eigenvalue weighted by atomic mass is 79.9. The van der Waals surface area contributed by atoms with Crippen molar-refractivity contribution in [3.63, 3.8) is 0 Å². The third kappa shape index (κ3) is 2.91. The normalized spacial score (nSPS) is 12.5. The molecule has 3 aromatic rings. The SMILES string of the molecule is Fc1ccc(CC(Br)c2ccc3ccccc3c2)cc1.